The van der Waals surface area contributed by atoms with Crippen molar-refractivity contribution in [2.24, 2.45) is 5.41 Å². The third-order valence-electron chi connectivity index (χ3n) is 3.53. The molecule has 0 bridgehead atoms. The first-order chi connectivity index (χ1) is 8.91. The second kappa shape index (κ2) is 6.79. The summed E-state index contributed by atoms with van der Waals surface area (Å²) >= 11 is 0. The first-order valence-electron chi connectivity index (χ1n) is 6.19. The second-order valence-electron chi connectivity index (χ2n) is 4.84. The average Bonchev–Trinajstić information content (AvgIpc) is 2.27. The molecule has 0 unspecified atom stereocenters. The lowest BCUT2D eigenvalue weighted by Crippen LogP contribution is -2.45. The zero-order valence-electron chi connectivity index (χ0n) is 10.9. The Morgan fingerprint density at radius 3 is 2.42 bits per heavy atom. The number of nitrogens with zero attached hydrogens (tertiary/aromatic N) is 1. The zero-order valence-corrected chi connectivity index (χ0v) is 10.9. The quantitative estimate of drug-likeness (QED) is 0.728. The molecule has 0 aromatic rings. The van der Waals surface area contributed by atoms with Crippen molar-refractivity contribution in [2.75, 3.05) is 26.8 Å². The van der Waals surface area contributed by atoms with Crippen LogP contribution in [0.15, 0.2) is 0 Å². The molecule has 0 heterocycles. The van der Waals surface area contributed by atoms with Gasteiger partial charge in [-0.05, 0) is 12.8 Å². The van der Waals surface area contributed by atoms with Crippen LogP contribution in [0.4, 0.5) is 8.78 Å². The monoisotopic (exact) mass is 279 g/mol. The molecular formula is C12H19F2NO4. The number of ether oxygens (including phenoxy) is 1. The third kappa shape index (κ3) is 4.12. The lowest BCUT2D eigenvalue weighted by molar-refractivity contribution is -0.160. The molecule has 1 rings (SSSR count). The minimum Gasteiger partial charge on any atom is -0.481 e. The Morgan fingerprint density at radius 2 is 2.05 bits per heavy atom. The smallest absolute Gasteiger partial charge is 0.310 e. The topological polar surface area (TPSA) is 66.8 Å². The lowest BCUT2D eigenvalue weighted by Gasteiger charge is -2.38. The Hall–Kier alpha value is -1.24. The Morgan fingerprint density at radius 1 is 1.42 bits per heavy atom. The number of rotatable bonds is 8. The molecule has 1 aliphatic rings. The number of carbonyl (C=O) groups excluding carboxylic acids is 1. The van der Waals surface area contributed by atoms with E-state index in [2.05, 4.69) is 0 Å². The van der Waals surface area contributed by atoms with Crippen molar-refractivity contribution in [3.05, 3.63) is 0 Å². The number of amides is 1. The van der Waals surface area contributed by atoms with Crippen LogP contribution in [0.25, 0.3) is 0 Å². The summed E-state index contributed by atoms with van der Waals surface area (Å²) in [5.41, 5.74) is -1.05. The van der Waals surface area contributed by atoms with Crippen LogP contribution in [0, 0.1) is 5.41 Å². The normalized spacial score (nSPS) is 17.1. The Kier molecular flexibility index (Phi) is 5.65. The van der Waals surface area contributed by atoms with Crippen LogP contribution in [0.1, 0.15) is 25.7 Å². The molecule has 0 spiro atoms. The summed E-state index contributed by atoms with van der Waals surface area (Å²) < 4.78 is 29.6. The van der Waals surface area contributed by atoms with E-state index in [1.165, 1.54) is 7.11 Å². The predicted octanol–water partition coefficient (Wildman–Crippen LogP) is 1.37. The number of carboxylic acid groups (broad SMARTS) is 1. The molecule has 0 aliphatic heterocycles. The number of hydrogen-bond donors (Lipinski definition) is 1. The van der Waals surface area contributed by atoms with E-state index in [0.29, 0.717) is 12.8 Å². The highest BCUT2D eigenvalue weighted by atomic mass is 19.3. The number of methoxy groups -OCH3 is 1. The average molecular weight is 279 g/mol. The molecule has 5 nitrogen and oxygen atoms in total. The zero-order chi connectivity index (χ0) is 14.5. The molecule has 1 fully saturated rings. The van der Waals surface area contributed by atoms with E-state index in [-0.39, 0.29) is 19.6 Å². The van der Waals surface area contributed by atoms with Gasteiger partial charge in [0.25, 0.3) is 6.43 Å². The van der Waals surface area contributed by atoms with Gasteiger partial charge in [-0.2, -0.15) is 0 Å². The summed E-state index contributed by atoms with van der Waals surface area (Å²) in [6.07, 6.45) is -1.23. The van der Waals surface area contributed by atoms with Crippen molar-refractivity contribution in [3.63, 3.8) is 0 Å². The SMILES string of the molecule is COCCN(CC(F)F)C(=O)CC1(C(=O)O)CCC1. The number of carboxylic acids is 1. The fourth-order valence-corrected chi connectivity index (χ4v) is 2.16. The van der Waals surface area contributed by atoms with Gasteiger partial charge in [-0.25, -0.2) is 8.78 Å². The molecule has 1 saturated carbocycles. The summed E-state index contributed by atoms with van der Waals surface area (Å²) in [4.78, 5) is 24.1. The molecule has 1 N–H and O–H groups in total. The summed E-state index contributed by atoms with van der Waals surface area (Å²) in [5.74, 6) is -1.56. The Balaban J connectivity index is 2.62. The first kappa shape index (κ1) is 15.8. The highest BCUT2D eigenvalue weighted by molar-refractivity contribution is 5.85. The van der Waals surface area contributed by atoms with E-state index in [1.54, 1.807) is 0 Å². The molecule has 1 aliphatic carbocycles. The number of alkyl halides is 2. The van der Waals surface area contributed by atoms with Crippen molar-refractivity contribution < 1.29 is 28.2 Å². The summed E-state index contributed by atoms with van der Waals surface area (Å²) in [6, 6.07) is 0. The Bertz CT molecular complexity index is 332. The second-order valence-corrected chi connectivity index (χ2v) is 4.84. The maximum Gasteiger partial charge on any atom is 0.310 e. The minimum absolute atomic E-state index is 0.0510. The van der Waals surface area contributed by atoms with Crippen LogP contribution in [0.3, 0.4) is 0 Å². The van der Waals surface area contributed by atoms with Crippen molar-refractivity contribution in [3.8, 4) is 0 Å². The van der Waals surface area contributed by atoms with Gasteiger partial charge in [-0.1, -0.05) is 6.42 Å². The maximum atomic E-state index is 12.4. The fraction of sp³-hybridized carbons (Fsp3) is 0.833. The molecule has 0 aromatic heterocycles. The Labute approximate surface area is 110 Å². The van der Waals surface area contributed by atoms with Crippen LogP contribution in [0.5, 0.6) is 0 Å². The summed E-state index contributed by atoms with van der Waals surface area (Å²) in [5, 5.41) is 9.13. The van der Waals surface area contributed by atoms with Gasteiger partial charge >= 0.3 is 5.97 Å². The molecule has 1 amide bonds. The van der Waals surface area contributed by atoms with E-state index in [1.807, 2.05) is 0 Å². The first-order valence-corrected chi connectivity index (χ1v) is 6.19. The standard InChI is InChI=1S/C12H19F2NO4/c1-19-6-5-15(8-9(13)14)10(16)7-12(11(17)18)3-2-4-12/h9H,2-8H2,1H3,(H,17,18). The van der Waals surface area contributed by atoms with Gasteiger partial charge in [0.05, 0.1) is 18.6 Å². The molecule has 0 aromatic carbocycles. The van der Waals surface area contributed by atoms with E-state index in [4.69, 9.17) is 9.84 Å². The number of hydrogen-bond acceptors (Lipinski definition) is 3. The van der Waals surface area contributed by atoms with Gasteiger partial charge in [0.2, 0.25) is 5.91 Å². The summed E-state index contributed by atoms with van der Waals surface area (Å²) in [7, 11) is 1.41. The molecular weight excluding hydrogens is 260 g/mol. The van der Waals surface area contributed by atoms with Gasteiger partial charge in [-0.3, -0.25) is 9.59 Å². The molecule has 0 saturated heterocycles. The van der Waals surface area contributed by atoms with Crippen LogP contribution in [-0.2, 0) is 14.3 Å². The third-order valence-corrected chi connectivity index (χ3v) is 3.53. The number of halogens is 2. The van der Waals surface area contributed by atoms with Crippen LogP contribution >= 0.6 is 0 Å². The van der Waals surface area contributed by atoms with E-state index in [0.717, 1.165) is 11.3 Å². The lowest BCUT2D eigenvalue weighted by atomic mass is 9.66. The molecule has 0 radical (unpaired) electrons. The van der Waals surface area contributed by atoms with Gasteiger partial charge in [0.1, 0.15) is 0 Å². The van der Waals surface area contributed by atoms with Crippen LogP contribution < -0.4 is 0 Å². The van der Waals surface area contributed by atoms with Crippen molar-refractivity contribution in [1.29, 1.82) is 0 Å². The van der Waals surface area contributed by atoms with Gasteiger partial charge in [-0.15, -0.1) is 0 Å². The molecule has 110 valence electrons. The molecule has 0 atom stereocenters. The molecule has 7 heteroatoms. The van der Waals surface area contributed by atoms with Gasteiger partial charge < -0.3 is 14.7 Å². The highest BCUT2D eigenvalue weighted by Gasteiger charge is 2.46. The van der Waals surface area contributed by atoms with Crippen LogP contribution in [0.2, 0.25) is 0 Å². The fourth-order valence-electron chi connectivity index (χ4n) is 2.16. The van der Waals surface area contributed by atoms with E-state index < -0.39 is 30.3 Å². The maximum absolute atomic E-state index is 12.4. The highest BCUT2D eigenvalue weighted by Crippen LogP contribution is 2.44. The summed E-state index contributed by atoms with van der Waals surface area (Å²) in [6.45, 7) is -0.480. The number of aliphatic carboxylic acids is 1. The van der Waals surface area contributed by atoms with E-state index >= 15 is 0 Å². The largest absolute Gasteiger partial charge is 0.481 e. The van der Waals surface area contributed by atoms with Gasteiger partial charge in [0.15, 0.2) is 0 Å². The van der Waals surface area contributed by atoms with E-state index in [9.17, 15) is 18.4 Å². The molecule has 19 heavy (non-hydrogen) atoms. The minimum atomic E-state index is -2.64. The van der Waals surface area contributed by atoms with Crippen molar-refractivity contribution in [1.82, 2.24) is 4.90 Å². The van der Waals surface area contributed by atoms with Crippen molar-refractivity contribution in [2.45, 2.75) is 32.1 Å². The predicted molar refractivity (Wildman–Crippen MR) is 63.0 cm³/mol. The van der Waals surface area contributed by atoms with Gasteiger partial charge in [0, 0.05) is 20.1 Å². The van der Waals surface area contributed by atoms with Crippen molar-refractivity contribution >= 4 is 11.9 Å². The number of carbonyl (C=O) groups is 2. The van der Waals surface area contributed by atoms with Crippen LogP contribution in [-0.4, -0.2) is 55.1 Å².